The number of aryl methyl sites for hydroxylation is 1. The molecule has 0 bridgehead atoms. The van der Waals surface area contributed by atoms with Gasteiger partial charge in [-0.1, -0.05) is 6.08 Å². The van der Waals surface area contributed by atoms with Crippen molar-refractivity contribution >= 4 is 6.08 Å². The van der Waals surface area contributed by atoms with E-state index in [1.807, 2.05) is 29.8 Å². The molecule has 2 N–H and O–H groups in total. The number of nitrogens with two attached hydrogens (primary N) is 1. The first-order valence-corrected chi connectivity index (χ1v) is 4.19. The summed E-state index contributed by atoms with van der Waals surface area (Å²) in [4.78, 5) is 0. The Morgan fingerprint density at radius 3 is 3.08 bits per heavy atom. The molecule has 0 spiro atoms. The fourth-order valence-electron chi connectivity index (χ4n) is 0.999. The highest BCUT2D eigenvalue weighted by molar-refractivity contribution is 5.44. The van der Waals surface area contributed by atoms with Crippen LogP contribution in [0.25, 0.3) is 6.08 Å². The van der Waals surface area contributed by atoms with E-state index in [1.54, 1.807) is 6.20 Å². The van der Waals surface area contributed by atoms with Crippen LogP contribution in [0, 0.1) is 0 Å². The molecule has 0 amide bonds. The second-order valence-electron chi connectivity index (χ2n) is 2.79. The van der Waals surface area contributed by atoms with Crippen LogP contribution in [0.2, 0.25) is 0 Å². The zero-order valence-corrected chi connectivity index (χ0v) is 7.57. The lowest BCUT2D eigenvalue weighted by atomic mass is 10.3. The lowest BCUT2D eigenvalue weighted by Crippen LogP contribution is -2.10. The van der Waals surface area contributed by atoms with Crippen molar-refractivity contribution in [2.24, 2.45) is 5.73 Å². The average Bonchev–Trinajstić information content (AvgIpc) is 2.47. The summed E-state index contributed by atoms with van der Waals surface area (Å²) in [5.41, 5.74) is 6.69. The van der Waals surface area contributed by atoms with Crippen LogP contribution in [0.1, 0.15) is 19.5 Å². The van der Waals surface area contributed by atoms with Crippen LogP contribution in [-0.4, -0.2) is 15.8 Å². The molecule has 1 heterocycles. The van der Waals surface area contributed by atoms with Gasteiger partial charge in [-0.2, -0.15) is 5.10 Å². The van der Waals surface area contributed by atoms with Crippen LogP contribution in [0.3, 0.4) is 0 Å². The SMILES string of the molecule is CCn1nccc1/C=C/C(C)N. The first kappa shape index (κ1) is 9.00. The number of nitrogens with zero attached hydrogens (tertiary/aromatic N) is 2. The van der Waals surface area contributed by atoms with Crippen LogP contribution in [0.4, 0.5) is 0 Å². The predicted octanol–water partition coefficient (Wildman–Crippen LogP) is 1.26. The lowest BCUT2D eigenvalue weighted by molar-refractivity contribution is 0.653. The maximum Gasteiger partial charge on any atom is 0.0607 e. The Morgan fingerprint density at radius 2 is 2.50 bits per heavy atom. The maximum absolute atomic E-state index is 5.58. The molecule has 1 aromatic rings. The third-order valence-electron chi connectivity index (χ3n) is 1.62. The molecule has 12 heavy (non-hydrogen) atoms. The van der Waals surface area contributed by atoms with E-state index in [9.17, 15) is 0 Å². The zero-order chi connectivity index (χ0) is 8.97. The Morgan fingerprint density at radius 1 is 1.75 bits per heavy atom. The van der Waals surface area contributed by atoms with Crippen LogP contribution < -0.4 is 5.73 Å². The molecule has 1 aromatic heterocycles. The average molecular weight is 165 g/mol. The van der Waals surface area contributed by atoms with Gasteiger partial charge >= 0.3 is 0 Å². The second kappa shape index (κ2) is 4.07. The minimum absolute atomic E-state index is 0.102. The third-order valence-corrected chi connectivity index (χ3v) is 1.62. The highest BCUT2D eigenvalue weighted by Gasteiger charge is 1.94. The van der Waals surface area contributed by atoms with Crippen LogP contribution in [-0.2, 0) is 6.54 Å². The van der Waals surface area contributed by atoms with Crippen LogP contribution in [0.5, 0.6) is 0 Å². The van der Waals surface area contributed by atoms with Gasteiger partial charge < -0.3 is 5.73 Å². The van der Waals surface area contributed by atoms with Crippen molar-refractivity contribution in [1.29, 1.82) is 0 Å². The van der Waals surface area contributed by atoms with Gasteiger partial charge in [-0.05, 0) is 26.0 Å². The largest absolute Gasteiger partial charge is 0.325 e. The smallest absolute Gasteiger partial charge is 0.0607 e. The van der Waals surface area contributed by atoms with Gasteiger partial charge in [0.15, 0.2) is 0 Å². The minimum Gasteiger partial charge on any atom is -0.325 e. The molecule has 0 radical (unpaired) electrons. The summed E-state index contributed by atoms with van der Waals surface area (Å²) < 4.78 is 1.93. The van der Waals surface area contributed by atoms with Crippen LogP contribution >= 0.6 is 0 Å². The van der Waals surface area contributed by atoms with Gasteiger partial charge in [0.05, 0.1) is 5.69 Å². The molecule has 1 rings (SSSR count). The quantitative estimate of drug-likeness (QED) is 0.732. The Labute approximate surface area is 72.9 Å². The van der Waals surface area contributed by atoms with Crippen molar-refractivity contribution in [2.75, 3.05) is 0 Å². The van der Waals surface area contributed by atoms with E-state index in [-0.39, 0.29) is 6.04 Å². The summed E-state index contributed by atoms with van der Waals surface area (Å²) in [6.07, 6.45) is 5.76. The zero-order valence-electron chi connectivity index (χ0n) is 7.57. The topological polar surface area (TPSA) is 43.8 Å². The summed E-state index contributed by atoms with van der Waals surface area (Å²) >= 11 is 0. The molecule has 0 aromatic carbocycles. The minimum atomic E-state index is 0.102. The molecule has 0 aliphatic heterocycles. The van der Waals surface area contributed by atoms with Crippen molar-refractivity contribution in [2.45, 2.75) is 26.4 Å². The standard InChI is InChI=1S/C9H15N3/c1-3-12-9(6-7-11-12)5-4-8(2)10/h4-8H,3,10H2,1-2H3/b5-4+. The van der Waals surface area contributed by atoms with E-state index in [0.717, 1.165) is 12.2 Å². The molecule has 0 fully saturated rings. The van der Waals surface area contributed by atoms with Gasteiger partial charge in [-0.25, -0.2) is 0 Å². The van der Waals surface area contributed by atoms with E-state index in [1.165, 1.54) is 0 Å². The Kier molecular flexibility index (Phi) is 3.05. The van der Waals surface area contributed by atoms with E-state index in [0.29, 0.717) is 0 Å². The summed E-state index contributed by atoms with van der Waals surface area (Å²) in [6, 6.07) is 2.08. The van der Waals surface area contributed by atoms with Crippen molar-refractivity contribution in [3.63, 3.8) is 0 Å². The van der Waals surface area contributed by atoms with Gasteiger partial charge in [-0.3, -0.25) is 4.68 Å². The summed E-state index contributed by atoms with van der Waals surface area (Å²) in [5, 5.41) is 4.14. The van der Waals surface area contributed by atoms with Gasteiger partial charge in [0.1, 0.15) is 0 Å². The molecule has 0 saturated heterocycles. The number of hydrogen-bond donors (Lipinski definition) is 1. The van der Waals surface area contributed by atoms with Gasteiger partial charge in [-0.15, -0.1) is 0 Å². The van der Waals surface area contributed by atoms with E-state index >= 15 is 0 Å². The summed E-state index contributed by atoms with van der Waals surface area (Å²) in [5.74, 6) is 0. The fraction of sp³-hybridized carbons (Fsp3) is 0.444. The molecular formula is C9H15N3. The summed E-state index contributed by atoms with van der Waals surface area (Å²) in [7, 11) is 0. The molecule has 0 aliphatic carbocycles. The monoisotopic (exact) mass is 165 g/mol. The maximum atomic E-state index is 5.58. The van der Waals surface area contributed by atoms with Crippen LogP contribution in [0.15, 0.2) is 18.3 Å². The fourth-order valence-corrected chi connectivity index (χ4v) is 0.999. The molecular weight excluding hydrogens is 150 g/mol. The summed E-state index contributed by atoms with van der Waals surface area (Å²) in [6.45, 7) is 4.91. The molecule has 3 heteroatoms. The van der Waals surface area contributed by atoms with Crippen molar-refractivity contribution in [3.8, 4) is 0 Å². The molecule has 3 nitrogen and oxygen atoms in total. The first-order valence-electron chi connectivity index (χ1n) is 4.19. The number of rotatable bonds is 3. The molecule has 1 unspecified atom stereocenters. The van der Waals surface area contributed by atoms with Gasteiger partial charge in [0, 0.05) is 18.8 Å². The number of aromatic nitrogens is 2. The number of hydrogen-bond acceptors (Lipinski definition) is 2. The van der Waals surface area contributed by atoms with Crippen molar-refractivity contribution in [3.05, 3.63) is 24.0 Å². The van der Waals surface area contributed by atoms with E-state index < -0.39 is 0 Å². The Hall–Kier alpha value is -1.09. The highest BCUT2D eigenvalue weighted by Crippen LogP contribution is 2.01. The first-order chi connectivity index (χ1) is 5.74. The Bertz CT molecular complexity index is 260. The van der Waals surface area contributed by atoms with Gasteiger partial charge in [0.2, 0.25) is 0 Å². The van der Waals surface area contributed by atoms with Crippen molar-refractivity contribution < 1.29 is 0 Å². The highest BCUT2D eigenvalue weighted by atomic mass is 15.3. The third kappa shape index (κ3) is 2.20. The predicted molar refractivity (Wildman–Crippen MR) is 50.6 cm³/mol. The molecule has 1 atom stereocenters. The van der Waals surface area contributed by atoms with E-state index in [4.69, 9.17) is 5.73 Å². The van der Waals surface area contributed by atoms with Crippen molar-refractivity contribution in [1.82, 2.24) is 9.78 Å². The molecule has 66 valence electrons. The second-order valence-corrected chi connectivity index (χ2v) is 2.79. The van der Waals surface area contributed by atoms with E-state index in [2.05, 4.69) is 12.0 Å². The molecule has 0 saturated carbocycles. The Balaban J connectivity index is 2.74. The normalized spacial score (nSPS) is 13.9. The molecule has 0 aliphatic rings. The lowest BCUT2D eigenvalue weighted by Gasteiger charge is -1.99. The van der Waals surface area contributed by atoms with Gasteiger partial charge in [0.25, 0.3) is 0 Å².